The SMILES string of the molecule is C=C(C)CS(=O)(=O)Nc1nnc(CC(C)C)s1. The predicted molar refractivity (Wildman–Crippen MR) is 70.7 cm³/mol. The van der Waals surface area contributed by atoms with E-state index in [1.807, 2.05) is 0 Å². The number of aromatic nitrogens is 2. The lowest BCUT2D eigenvalue weighted by atomic mass is 10.1. The summed E-state index contributed by atoms with van der Waals surface area (Å²) in [6.45, 7) is 9.40. The van der Waals surface area contributed by atoms with Gasteiger partial charge in [-0.25, -0.2) is 8.42 Å². The lowest BCUT2D eigenvalue weighted by Crippen LogP contribution is -2.16. The molecule has 1 heterocycles. The molecular formula is C10H17N3O2S2. The zero-order valence-corrected chi connectivity index (χ0v) is 11.9. The molecular weight excluding hydrogens is 258 g/mol. The smallest absolute Gasteiger partial charge is 0.238 e. The fourth-order valence-corrected chi connectivity index (χ4v) is 3.60. The molecule has 0 radical (unpaired) electrons. The highest BCUT2D eigenvalue weighted by molar-refractivity contribution is 7.93. The summed E-state index contributed by atoms with van der Waals surface area (Å²) in [5.74, 6) is 0.384. The van der Waals surface area contributed by atoms with Crippen molar-refractivity contribution >= 4 is 26.5 Å². The van der Waals surface area contributed by atoms with Crippen LogP contribution in [-0.2, 0) is 16.4 Å². The standard InChI is InChI=1S/C10H17N3O2S2/c1-7(2)5-9-11-12-10(16-9)13-17(14,15)6-8(3)4/h7H,3,5-6H2,1-2,4H3,(H,12,13). The molecule has 0 unspecified atom stereocenters. The molecule has 1 rings (SSSR count). The lowest BCUT2D eigenvalue weighted by molar-refractivity contribution is 0.603. The monoisotopic (exact) mass is 275 g/mol. The first-order valence-corrected chi connectivity index (χ1v) is 7.72. The average molecular weight is 275 g/mol. The van der Waals surface area contributed by atoms with Crippen LogP contribution in [0.4, 0.5) is 5.13 Å². The summed E-state index contributed by atoms with van der Waals surface area (Å²) in [6.07, 6.45) is 0.805. The van der Waals surface area contributed by atoms with Crippen molar-refractivity contribution in [2.75, 3.05) is 10.5 Å². The largest absolute Gasteiger partial charge is 0.257 e. The van der Waals surface area contributed by atoms with Crippen LogP contribution in [0.3, 0.4) is 0 Å². The van der Waals surface area contributed by atoms with Gasteiger partial charge in [-0.3, -0.25) is 4.72 Å². The second-order valence-corrected chi connectivity index (χ2v) is 7.20. The van der Waals surface area contributed by atoms with Gasteiger partial charge in [0, 0.05) is 6.42 Å². The van der Waals surface area contributed by atoms with E-state index in [0.29, 0.717) is 16.6 Å². The van der Waals surface area contributed by atoms with E-state index in [1.165, 1.54) is 11.3 Å². The Hall–Kier alpha value is -0.950. The highest BCUT2D eigenvalue weighted by Crippen LogP contribution is 2.19. The number of nitrogens with zero attached hydrogens (tertiary/aromatic N) is 2. The third-order valence-corrected chi connectivity index (χ3v) is 4.10. The minimum Gasteiger partial charge on any atom is -0.257 e. The first-order valence-electron chi connectivity index (χ1n) is 5.26. The fraction of sp³-hybridized carbons (Fsp3) is 0.600. The summed E-state index contributed by atoms with van der Waals surface area (Å²) in [7, 11) is -3.39. The highest BCUT2D eigenvalue weighted by atomic mass is 32.2. The number of anilines is 1. The van der Waals surface area contributed by atoms with Crippen molar-refractivity contribution in [3.63, 3.8) is 0 Å². The van der Waals surface area contributed by atoms with Crippen LogP contribution in [0.15, 0.2) is 12.2 Å². The fourth-order valence-electron chi connectivity index (χ4n) is 1.22. The van der Waals surface area contributed by atoms with Gasteiger partial charge in [0.1, 0.15) is 5.01 Å². The minimum absolute atomic E-state index is 0.0912. The molecule has 96 valence electrons. The van der Waals surface area contributed by atoms with E-state index in [1.54, 1.807) is 6.92 Å². The van der Waals surface area contributed by atoms with Gasteiger partial charge >= 0.3 is 0 Å². The normalized spacial score (nSPS) is 11.8. The van der Waals surface area contributed by atoms with Gasteiger partial charge in [0.15, 0.2) is 0 Å². The maximum Gasteiger partial charge on any atom is 0.238 e. The number of hydrogen-bond acceptors (Lipinski definition) is 5. The van der Waals surface area contributed by atoms with E-state index in [0.717, 1.165) is 11.4 Å². The second-order valence-electron chi connectivity index (χ2n) is 4.42. The Labute approximate surface area is 106 Å². The van der Waals surface area contributed by atoms with Crippen molar-refractivity contribution < 1.29 is 8.42 Å². The summed E-state index contributed by atoms with van der Waals surface area (Å²) in [5, 5.41) is 8.91. The van der Waals surface area contributed by atoms with Crippen LogP contribution in [-0.4, -0.2) is 24.4 Å². The third kappa shape index (κ3) is 5.27. The quantitative estimate of drug-likeness (QED) is 0.807. The van der Waals surface area contributed by atoms with Gasteiger partial charge in [0.2, 0.25) is 15.2 Å². The molecule has 0 spiro atoms. The Morgan fingerprint density at radius 2 is 2.12 bits per heavy atom. The molecule has 0 bridgehead atoms. The zero-order valence-electron chi connectivity index (χ0n) is 10.2. The molecule has 5 nitrogen and oxygen atoms in total. The van der Waals surface area contributed by atoms with Crippen molar-refractivity contribution in [1.29, 1.82) is 0 Å². The van der Waals surface area contributed by atoms with Crippen molar-refractivity contribution in [1.82, 2.24) is 10.2 Å². The van der Waals surface area contributed by atoms with Crippen LogP contribution in [0.5, 0.6) is 0 Å². The molecule has 0 saturated carbocycles. The maximum absolute atomic E-state index is 11.6. The van der Waals surface area contributed by atoms with Gasteiger partial charge < -0.3 is 0 Å². The Bertz CT molecular complexity index is 491. The summed E-state index contributed by atoms with van der Waals surface area (Å²) in [6, 6.07) is 0. The first-order chi connectivity index (χ1) is 7.78. The van der Waals surface area contributed by atoms with E-state index in [-0.39, 0.29) is 5.75 Å². The molecule has 1 N–H and O–H groups in total. The highest BCUT2D eigenvalue weighted by Gasteiger charge is 2.14. The van der Waals surface area contributed by atoms with Crippen molar-refractivity contribution in [3.05, 3.63) is 17.2 Å². The van der Waals surface area contributed by atoms with Crippen LogP contribution in [0, 0.1) is 5.92 Å². The van der Waals surface area contributed by atoms with Crippen molar-refractivity contribution in [3.8, 4) is 0 Å². The van der Waals surface area contributed by atoms with E-state index in [4.69, 9.17) is 0 Å². The third-order valence-electron chi connectivity index (χ3n) is 1.73. The Kier molecular flexibility index (Phi) is 4.64. The number of hydrogen-bond donors (Lipinski definition) is 1. The van der Waals surface area contributed by atoms with Gasteiger partial charge in [-0.1, -0.05) is 37.3 Å². The molecule has 0 aliphatic rings. The van der Waals surface area contributed by atoms with Gasteiger partial charge in [-0.15, -0.1) is 10.2 Å². The van der Waals surface area contributed by atoms with Crippen LogP contribution in [0.25, 0.3) is 0 Å². The molecule has 1 aromatic rings. The summed E-state index contributed by atoms with van der Waals surface area (Å²) < 4.78 is 25.6. The lowest BCUT2D eigenvalue weighted by Gasteiger charge is -2.03. The van der Waals surface area contributed by atoms with Gasteiger partial charge in [-0.2, -0.15) is 0 Å². The van der Waals surface area contributed by atoms with E-state index < -0.39 is 10.0 Å². The molecule has 0 aliphatic heterocycles. The molecule has 1 aromatic heterocycles. The number of rotatable bonds is 6. The molecule has 7 heteroatoms. The molecule has 0 amide bonds. The molecule has 0 atom stereocenters. The van der Waals surface area contributed by atoms with Gasteiger partial charge in [0.25, 0.3) is 0 Å². The minimum atomic E-state index is -3.39. The van der Waals surface area contributed by atoms with E-state index in [2.05, 4.69) is 35.3 Å². The first kappa shape index (κ1) is 14.1. The Morgan fingerprint density at radius 1 is 1.47 bits per heavy atom. The molecule has 0 fully saturated rings. The van der Waals surface area contributed by atoms with Crippen molar-refractivity contribution in [2.24, 2.45) is 5.92 Å². The summed E-state index contributed by atoms with van der Waals surface area (Å²) >= 11 is 1.27. The Morgan fingerprint density at radius 3 is 2.65 bits per heavy atom. The molecule has 0 aliphatic carbocycles. The molecule has 0 aromatic carbocycles. The van der Waals surface area contributed by atoms with E-state index in [9.17, 15) is 8.42 Å². The van der Waals surface area contributed by atoms with Crippen LogP contribution in [0.1, 0.15) is 25.8 Å². The van der Waals surface area contributed by atoms with Gasteiger partial charge in [-0.05, 0) is 12.8 Å². The zero-order chi connectivity index (χ0) is 13.1. The predicted octanol–water partition coefficient (Wildman–Crippen LogP) is 2.05. The molecule has 0 saturated heterocycles. The number of sulfonamides is 1. The molecule has 17 heavy (non-hydrogen) atoms. The van der Waals surface area contributed by atoms with Crippen LogP contribution < -0.4 is 4.72 Å². The Balaban J connectivity index is 2.69. The van der Waals surface area contributed by atoms with Crippen LogP contribution in [0.2, 0.25) is 0 Å². The van der Waals surface area contributed by atoms with Gasteiger partial charge in [0.05, 0.1) is 5.75 Å². The topological polar surface area (TPSA) is 72.0 Å². The maximum atomic E-state index is 11.6. The van der Waals surface area contributed by atoms with E-state index >= 15 is 0 Å². The van der Waals surface area contributed by atoms with Crippen LogP contribution >= 0.6 is 11.3 Å². The average Bonchev–Trinajstić information content (AvgIpc) is 2.46. The second kappa shape index (κ2) is 5.59. The van der Waals surface area contributed by atoms with Crippen molar-refractivity contribution in [2.45, 2.75) is 27.2 Å². The number of nitrogens with one attached hydrogen (secondary N) is 1. The summed E-state index contributed by atoms with van der Waals surface area (Å²) in [5.41, 5.74) is 0.587. The summed E-state index contributed by atoms with van der Waals surface area (Å²) in [4.78, 5) is 0.